The van der Waals surface area contributed by atoms with Crippen LogP contribution in [0.4, 0.5) is 4.39 Å². The molecule has 114 valence electrons. The van der Waals surface area contributed by atoms with Crippen LogP contribution in [0.2, 0.25) is 0 Å². The van der Waals surface area contributed by atoms with E-state index in [1.54, 1.807) is 23.9 Å². The van der Waals surface area contributed by atoms with Crippen molar-refractivity contribution >= 4 is 11.8 Å². The standard InChI is InChI=1S/C15H14FN3O2S/c1-9-13(10(2)21-19-9)7-22-8-14-17-18-15(20-14)11-3-5-12(16)6-4-11/h3-6H,7-8H2,1-2H3. The van der Waals surface area contributed by atoms with E-state index in [0.717, 1.165) is 22.8 Å². The van der Waals surface area contributed by atoms with E-state index in [1.807, 2.05) is 13.8 Å². The van der Waals surface area contributed by atoms with Gasteiger partial charge in [-0.05, 0) is 38.1 Å². The Labute approximate surface area is 130 Å². The number of thioether (sulfide) groups is 1. The van der Waals surface area contributed by atoms with Crippen molar-refractivity contribution in [3.63, 3.8) is 0 Å². The number of nitrogens with zero attached hydrogens (tertiary/aromatic N) is 3. The molecule has 0 atom stereocenters. The molecule has 7 heteroatoms. The van der Waals surface area contributed by atoms with E-state index in [2.05, 4.69) is 15.4 Å². The lowest BCUT2D eigenvalue weighted by Gasteiger charge is -1.98. The number of aryl methyl sites for hydroxylation is 2. The van der Waals surface area contributed by atoms with Crippen LogP contribution in [0.25, 0.3) is 11.5 Å². The summed E-state index contributed by atoms with van der Waals surface area (Å²) in [4.78, 5) is 0. The number of hydrogen-bond donors (Lipinski definition) is 0. The first-order valence-corrected chi connectivity index (χ1v) is 7.87. The van der Waals surface area contributed by atoms with Crippen LogP contribution in [-0.2, 0) is 11.5 Å². The number of rotatable bonds is 5. The van der Waals surface area contributed by atoms with Crippen molar-refractivity contribution in [2.24, 2.45) is 0 Å². The quantitative estimate of drug-likeness (QED) is 0.710. The molecule has 5 nitrogen and oxygen atoms in total. The molecular weight excluding hydrogens is 305 g/mol. The molecule has 3 rings (SSSR count). The molecule has 0 saturated carbocycles. The maximum atomic E-state index is 12.9. The normalized spacial score (nSPS) is 11.0. The first-order chi connectivity index (χ1) is 10.6. The van der Waals surface area contributed by atoms with Crippen molar-refractivity contribution in [1.82, 2.24) is 15.4 Å². The summed E-state index contributed by atoms with van der Waals surface area (Å²) in [6.07, 6.45) is 0. The van der Waals surface area contributed by atoms with Crippen LogP contribution in [0.3, 0.4) is 0 Å². The van der Waals surface area contributed by atoms with Gasteiger partial charge in [0.2, 0.25) is 11.8 Å². The molecule has 22 heavy (non-hydrogen) atoms. The Morgan fingerprint density at radius 3 is 2.55 bits per heavy atom. The largest absolute Gasteiger partial charge is 0.420 e. The van der Waals surface area contributed by atoms with Gasteiger partial charge in [-0.3, -0.25) is 0 Å². The number of aromatic nitrogens is 3. The summed E-state index contributed by atoms with van der Waals surface area (Å²) >= 11 is 1.65. The third-order valence-electron chi connectivity index (χ3n) is 3.21. The van der Waals surface area contributed by atoms with Crippen LogP contribution in [-0.4, -0.2) is 15.4 Å². The molecule has 1 aromatic carbocycles. The van der Waals surface area contributed by atoms with Crippen LogP contribution >= 0.6 is 11.8 Å². The highest BCUT2D eigenvalue weighted by Gasteiger charge is 2.11. The average Bonchev–Trinajstić information content (AvgIpc) is 3.10. The zero-order chi connectivity index (χ0) is 15.5. The number of halogens is 1. The van der Waals surface area contributed by atoms with Crippen molar-refractivity contribution in [3.05, 3.63) is 53.0 Å². The summed E-state index contributed by atoms with van der Waals surface area (Å²) in [5.74, 6) is 2.85. The van der Waals surface area contributed by atoms with Crippen molar-refractivity contribution in [1.29, 1.82) is 0 Å². The molecule has 0 radical (unpaired) electrons. The molecule has 0 amide bonds. The van der Waals surface area contributed by atoms with E-state index in [-0.39, 0.29) is 5.82 Å². The van der Waals surface area contributed by atoms with Gasteiger partial charge >= 0.3 is 0 Å². The SMILES string of the molecule is Cc1noc(C)c1CSCc1nnc(-c2ccc(F)cc2)o1. The second kappa shape index (κ2) is 6.31. The molecule has 0 bridgehead atoms. The first kappa shape index (κ1) is 14.8. The van der Waals surface area contributed by atoms with Gasteiger partial charge in [0.25, 0.3) is 0 Å². The summed E-state index contributed by atoms with van der Waals surface area (Å²) in [5, 5.41) is 11.9. The summed E-state index contributed by atoms with van der Waals surface area (Å²) in [6, 6.07) is 5.96. The first-order valence-electron chi connectivity index (χ1n) is 6.71. The van der Waals surface area contributed by atoms with Gasteiger partial charge in [-0.1, -0.05) is 5.16 Å². The summed E-state index contributed by atoms with van der Waals surface area (Å²) in [5.41, 5.74) is 2.71. The fourth-order valence-corrected chi connectivity index (χ4v) is 2.98. The van der Waals surface area contributed by atoms with Gasteiger partial charge in [-0.15, -0.1) is 22.0 Å². The molecule has 0 N–H and O–H groups in total. The topological polar surface area (TPSA) is 65.0 Å². The molecular formula is C15H14FN3O2S. The lowest BCUT2D eigenvalue weighted by atomic mass is 10.2. The molecule has 3 aromatic rings. The Balaban J connectivity index is 1.61. The van der Waals surface area contributed by atoms with Gasteiger partial charge in [-0.2, -0.15) is 0 Å². The highest BCUT2D eigenvalue weighted by atomic mass is 32.2. The van der Waals surface area contributed by atoms with Crippen LogP contribution in [0.15, 0.2) is 33.2 Å². The van der Waals surface area contributed by atoms with Gasteiger partial charge in [0, 0.05) is 16.9 Å². The van der Waals surface area contributed by atoms with E-state index >= 15 is 0 Å². The molecule has 0 unspecified atom stereocenters. The molecule has 0 saturated heterocycles. The summed E-state index contributed by atoms with van der Waals surface area (Å²) < 4.78 is 23.6. The maximum absolute atomic E-state index is 12.9. The van der Waals surface area contributed by atoms with Crippen molar-refractivity contribution in [2.45, 2.75) is 25.4 Å². The Morgan fingerprint density at radius 2 is 1.86 bits per heavy atom. The van der Waals surface area contributed by atoms with Crippen molar-refractivity contribution in [2.75, 3.05) is 0 Å². The van der Waals surface area contributed by atoms with Crippen molar-refractivity contribution in [3.8, 4) is 11.5 Å². The van der Waals surface area contributed by atoms with Crippen LogP contribution < -0.4 is 0 Å². The van der Waals surface area contributed by atoms with Crippen molar-refractivity contribution < 1.29 is 13.3 Å². The molecule has 0 aliphatic carbocycles. The molecule has 0 aliphatic heterocycles. The molecule has 2 heterocycles. The Bertz CT molecular complexity index is 748. The highest BCUT2D eigenvalue weighted by Crippen LogP contribution is 2.24. The zero-order valence-corrected chi connectivity index (χ0v) is 13.0. The van der Waals surface area contributed by atoms with E-state index in [0.29, 0.717) is 23.1 Å². The van der Waals surface area contributed by atoms with E-state index in [9.17, 15) is 4.39 Å². The van der Waals surface area contributed by atoms with Gasteiger partial charge in [0.05, 0.1) is 11.4 Å². The van der Waals surface area contributed by atoms with E-state index in [4.69, 9.17) is 8.94 Å². The molecule has 0 spiro atoms. The third kappa shape index (κ3) is 3.19. The minimum absolute atomic E-state index is 0.293. The fourth-order valence-electron chi connectivity index (χ4n) is 1.97. The molecule has 0 aliphatic rings. The predicted molar refractivity (Wildman–Crippen MR) is 80.7 cm³/mol. The second-order valence-corrected chi connectivity index (χ2v) is 5.79. The molecule has 2 aromatic heterocycles. The Hall–Kier alpha value is -2.15. The number of benzene rings is 1. The zero-order valence-electron chi connectivity index (χ0n) is 12.2. The third-order valence-corrected chi connectivity index (χ3v) is 4.16. The molecule has 0 fully saturated rings. The summed E-state index contributed by atoms with van der Waals surface area (Å²) in [6.45, 7) is 3.82. The summed E-state index contributed by atoms with van der Waals surface area (Å²) in [7, 11) is 0. The average molecular weight is 319 g/mol. The van der Waals surface area contributed by atoms with E-state index < -0.39 is 0 Å². The van der Waals surface area contributed by atoms with Crippen LogP contribution in [0, 0.1) is 19.7 Å². The van der Waals surface area contributed by atoms with Crippen LogP contribution in [0.5, 0.6) is 0 Å². The van der Waals surface area contributed by atoms with Crippen LogP contribution in [0.1, 0.15) is 22.9 Å². The fraction of sp³-hybridized carbons (Fsp3) is 0.267. The van der Waals surface area contributed by atoms with Gasteiger partial charge in [0.15, 0.2) is 0 Å². The van der Waals surface area contributed by atoms with Gasteiger partial charge in [0.1, 0.15) is 11.6 Å². The smallest absolute Gasteiger partial charge is 0.247 e. The minimum Gasteiger partial charge on any atom is -0.420 e. The van der Waals surface area contributed by atoms with E-state index in [1.165, 1.54) is 12.1 Å². The lowest BCUT2D eigenvalue weighted by Crippen LogP contribution is -1.87. The minimum atomic E-state index is -0.293. The van der Waals surface area contributed by atoms with Gasteiger partial charge < -0.3 is 8.94 Å². The Morgan fingerprint density at radius 1 is 1.09 bits per heavy atom. The lowest BCUT2D eigenvalue weighted by molar-refractivity contribution is 0.392. The Kier molecular flexibility index (Phi) is 4.24. The van der Waals surface area contributed by atoms with Gasteiger partial charge in [-0.25, -0.2) is 4.39 Å². The highest BCUT2D eigenvalue weighted by molar-refractivity contribution is 7.97. The predicted octanol–water partition coefficient (Wildman–Crippen LogP) is 3.91. The maximum Gasteiger partial charge on any atom is 0.247 e. The monoisotopic (exact) mass is 319 g/mol. The number of hydrogen-bond acceptors (Lipinski definition) is 6. The second-order valence-electron chi connectivity index (χ2n) is 4.80.